The molecule has 7 heteroatoms. The van der Waals surface area contributed by atoms with Crippen molar-refractivity contribution in [3.8, 4) is 0 Å². The molecule has 1 unspecified atom stereocenters. The number of anilines is 1. The Morgan fingerprint density at radius 3 is 2.89 bits per heavy atom. The van der Waals surface area contributed by atoms with E-state index in [1.54, 1.807) is 6.07 Å². The van der Waals surface area contributed by atoms with E-state index < -0.39 is 10.0 Å². The van der Waals surface area contributed by atoms with Crippen molar-refractivity contribution in [2.24, 2.45) is 5.73 Å². The van der Waals surface area contributed by atoms with Crippen LogP contribution in [0.5, 0.6) is 0 Å². The summed E-state index contributed by atoms with van der Waals surface area (Å²) in [5.74, 6) is -0.116. The summed E-state index contributed by atoms with van der Waals surface area (Å²) in [7, 11) is -3.54. The van der Waals surface area contributed by atoms with Gasteiger partial charge in [0.1, 0.15) is 0 Å². The zero-order valence-corrected chi connectivity index (χ0v) is 11.5. The molecule has 0 spiro atoms. The Labute approximate surface area is 112 Å². The molecular weight excluding hydrogens is 266 g/mol. The highest BCUT2D eigenvalue weighted by Crippen LogP contribution is 2.25. The van der Waals surface area contributed by atoms with Gasteiger partial charge in [-0.3, -0.25) is 4.79 Å². The van der Waals surface area contributed by atoms with Gasteiger partial charge in [-0.15, -0.1) is 0 Å². The van der Waals surface area contributed by atoms with Crippen molar-refractivity contribution in [3.05, 3.63) is 23.8 Å². The zero-order chi connectivity index (χ0) is 14.0. The molecule has 1 aromatic rings. The van der Waals surface area contributed by atoms with Gasteiger partial charge in [0.25, 0.3) is 0 Å². The van der Waals surface area contributed by atoms with E-state index in [2.05, 4.69) is 10.0 Å². The third-order valence-corrected chi connectivity index (χ3v) is 4.36. The van der Waals surface area contributed by atoms with Gasteiger partial charge in [-0.2, -0.15) is 0 Å². The van der Waals surface area contributed by atoms with Crippen molar-refractivity contribution in [3.63, 3.8) is 0 Å². The number of hydrogen-bond donors (Lipinski definition) is 3. The monoisotopic (exact) mass is 283 g/mol. The number of carbonyl (C=O) groups excluding carboxylic acids is 1. The molecule has 104 valence electrons. The van der Waals surface area contributed by atoms with Crippen molar-refractivity contribution in [1.82, 2.24) is 4.72 Å². The first-order chi connectivity index (χ1) is 8.88. The first-order valence-electron chi connectivity index (χ1n) is 6.06. The highest BCUT2D eigenvalue weighted by atomic mass is 32.2. The molecule has 19 heavy (non-hydrogen) atoms. The average Bonchev–Trinajstić information content (AvgIpc) is 2.67. The van der Waals surface area contributed by atoms with Crippen molar-refractivity contribution in [2.45, 2.75) is 30.7 Å². The maximum atomic E-state index is 12.0. The fraction of sp³-hybridized carbons (Fsp3) is 0.417. The number of nitrogens with two attached hydrogens (primary N) is 1. The molecule has 1 amide bonds. The van der Waals surface area contributed by atoms with Crippen LogP contribution in [0.4, 0.5) is 5.69 Å². The Bertz CT molecular complexity index is 596. The van der Waals surface area contributed by atoms with Crippen molar-refractivity contribution < 1.29 is 13.2 Å². The van der Waals surface area contributed by atoms with Crippen molar-refractivity contribution in [2.75, 3.05) is 11.9 Å². The van der Waals surface area contributed by atoms with Crippen LogP contribution in [0.25, 0.3) is 0 Å². The van der Waals surface area contributed by atoms with Crippen LogP contribution in [0.15, 0.2) is 23.1 Å². The van der Waals surface area contributed by atoms with Gasteiger partial charge in [0.05, 0.1) is 11.3 Å². The smallest absolute Gasteiger partial charge is 0.240 e. The third-order valence-electron chi connectivity index (χ3n) is 2.90. The Morgan fingerprint density at radius 2 is 2.21 bits per heavy atom. The first kappa shape index (κ1) is 14.0. The average molecular weight is 283 g/mol. The molecule has 0 saturated heterocycles. The lowest BCUT2D eigenvalue weighted by atomic mass is 10.2. The molecule has 0 bridgehead atoms. The van der Waals surface area contributed by atoms with Gasteiger partial charge in [-0.1, -0.05) is 0 Å². The molecular formula is C12H17N3O3S. The highest BCUT2D eigenvalue weighted by Gasteiger charge is 2.21. The minimum atomic E-state index is -3.54. The number of carbonyl (C=O) groups is 1. The highest BCUT2D eigenvalue weighted by molar-refractivity contribution is 7.89. The topological polar surface area (TPSA) is 101 Å². The molecule has 0 saturated carbocycles. The minimum absolute atomic E-state index is 0.0513. The van der Waals surface area contributed by atoms with Gasteiger partial charge in [0.2, 0.25) is 15.9 Å². The maximum Gasteiger partial charge on any atom is 0.240 e. The van der Waals surface area contributed by atoms with Crippen molar-refractivity contribution >= 4 is 21.6 Å². The Balaban J connectivity index is 2.13. The van der Waals surface area contributed by atoms with E-state index in [9.17, 15) is 13.2 Å². The van der Waals surface area contributed by atoms with Crippen LogP contribution in [0, 0.1) is 0 Å². The van der Waals surface area contributed by atoms with E-state index in [0.29, 0.717) is 24.2 Å². The lowest BCUT2D eigenvalue weighted by molar-refractivity contribution is -0.115. The van der Waals surface area contributed by atoms with E-state index in [-0.39, 0.29) is 23.3 Å². The predicted octanol–water partition coefficient (Wildman–Crippen LogP) is 0.197. The summed E-state index contributed by atoms with van der Waals surface area (Å²) in [4.78, 5) is 11.4. The Morgan fingerprint density at radius 1 is 1.47 bits per heavy atom. The molecule has 1 aliphatic rings. The van der Waals surface area contributed by atoms with Crippen LogP contribution >= 0.6 is 0 Å². The maximum absolute atomic E-state index is 12.0. The third kappa shape index (κ3) is 3.31. The van der Waals surface area contributed by atoms with Crippen LogP contribution in [-0.4, -0.2) is 26.9 Å². The molecule has 2 rings (SSSR count). The quantitative estimate of drug-likeness (QED) is 0.718. The fourth-order valence-corrected chi connectivity index (χ4v) is 2.97. The number of nitrogens with one attached hydrogen (secondary N) is 2. The number of fused-ring (bicyclic) bond motifs is 1. The summed E-state index contributed by atoms with van der Waals surface area (Å²) < 4.78 is 26.6. The fourth-order valence-electron chi connectivity index (χ4n) is 1.88. The second-order valence-electron chi connectivity index (χ2n) is 4.71. The molecule has 0 radical (unpaired) electrons. The summed E-state index contributed by atoms with van der Waals surface area (Å²) >= 11 is 0. The second-order valence-corrected chi connectivity index (χ2v) is 6.47. The number of amides is 1. The van der Waals surface area contributed by atoms with Crippen LogP contribution in [-0.2, 0) is 21.2 Å². The molecule has 1 aromatic carbocycles. The molecule has 4 N–H and O–H groups in total. The lowest BCUT2D eigenvalue weighted by Gasteiger charge is -2.09. The van der Waals surface area contributed by atoms with Crippen LogP contribution in [0.1, 0.15) is 18.9 Å². The van der Waals surface area contributed by atoms with Crippen molar-refractivity contribution in [1.29, 1.82) is 0 Å². The van der Waals surface area contributed by atoms with Crippen LogP contribution < -0.4 is 15.8 Å². The molecule has 1 heterocycles. The van der Waals surface area contributed by atoms with Crippen LogP contribution in [0.2, 0.25) is 0 Å². The summed E-state index contributed by atoms with van der Waals surface area (Å²) in [5.41, 5.74) is 6.96. The number of benzene rings is 1. The standard InChI is InChI=1S/C12H17N3O3S/c1-8(13)4-5-14-19(17,18)10-2-3-11-9(6-10)7-12(16)15-11/h2-3,6,8,14H,4-5,7,13H2,1H3,(H,15,16). The number of sulfonamides is 1. The summed E-state index contributed by atoms with van der Waals surface area (Å²) in [6, 6.07) is 4.57. The summed E-state index contributed by atoms with van der Waals surface area (Å²) in [6.45, 7) is 2.12. The second kappa shape index (κ2) is 5.28. The van der Waals surface area contributed by atoms with E-state index in [1.165, 1.54) is 12.1 Å². The van der Waals surface area contributed by atoms with E-state index in [1.807, 2.05) is 6.92 Å². The van der Waals surface area contributed by atoms with E-state index >= 15 is 0 Å². The van der Waals surface area contributed by atoms with Gasteiger partial charge in [0.15, 0.2) is 0 Å². The van der Waals surface area contributed by atoms with Gasteiger partial charge in [-0.25, -0.2) is 13.1 Å². The lowest BCUT2D eigenvalue weighted by Crippen LogP contribution is -2.29. The first-order valence-corrected chi connectivity index (χ1v) is 7.55. The molecule has 0 fully saturated rings. The molecule has 0 aromatic heterocycles. The molecule has 6 nitrogen and oxygen atoms in total. The van der Waals surface area contributed by atoms with Gasteiger partial charge in [0, 0.05) is 18.3 Å². The number of hydrogen-bond acceptors (Lipinski definition) is 4. The normalized spacial score (nSPS) is 16.0. The van der Waals surface area contributed by atoms with Gasteiger partial charge < -0.3 is 11.1 Å². The predicted molar refractivity (Wildman–Crippen MR) is 72.2 cm³/mol. The molecule has 1 aliphatic heterocycles. The molecule has 1 atom stereocenters. The molecule has 0 aliphatic carbocycles. The van der Waals surface area contributed by atoms with E-state index in [0.717, 1.165) is 0 Å². The van der Waals surface area contributed by atoms with Gasteiger partial charge >= 0.3 is 0 Å². The Kier molecular flexibility index (Phi) is 3.88. The zero-order valence-electron chi connectivity index (χ0n) is 10.6. The largest absolute Gasteiger partial charge is 0.328 e. The van der Waals surface area contributed by atoms with Gasteiger partial charge in [-0.05, 0) is 37.1 Å². The summed E-state index contributed by atoms with van der Waals surface area (Å²) in [5, 5.41) is 2.66. The van der Waals surface area contributed by atoms with Crippen LogP contribution in [0.3, 0.4) is 0 Å². The van der Waals surface area contributed by atoms with E-state index in [4.69, 9.17) is 5.73 Å². The number of rotatable bonds is 5. The minimum Gasteiger partial charge on any atom is -0.328 e. The Hall–Kier alpha value is -1.44. The summed E-state index contributed by atoms with van der Waals surface area (Å²) in [6.07, 6.45) is 0.794. The SMILES string of the molecule is CC(N)CCNS(=O)(=O)c1ccc2c(c1)CC(=O)N2.